The van der Waals surface area contributed by atoms with Crippen LogP contribution in [0.2, 0.25) is 0 Å². The van der Waals surface area contributed by atoms with E-state index in [9.17, 15) is 17.6 Å². The van der Waals surface area contributed by atoms with Crippen molar-refractivity contribution < 1.29 is 31.8 Å². The average molecular weight is 448 g/mol. The van der Waals surface area contributed by atoms with Gasteiger partial charge >= 0.3 is 6.18 Å². The average Bonchev–Trinajstić information content (AvgIpc) is 2.78. The van der Waals surface area contributed by atoms with Crippen molar-refractivity contribution in [3.63, 3.8) is 0 Å². The lowest BCUT2D eigenvalue weighted by molar-refractivity contribution is -0.196. The molecule has 0 heterocycles. The van der Waals surface area contributed by atoms with E-state index in [1.54, 1.807) is 42.5 Å². The zero-order valence-corrected chi connectivity index (χ0v) is 17.6. The Balaban J connectivity index is 1.56. The van der Waals surface area contributed by atoms with Gasteiger partial charge in [-0.1, -0.05) is 43.3 Å². The van der Waals surface area contributed by atoms with Gasteiger partial charge in [-0.3, -0.25) is 0 Å². The molecule has 0 fully saturated rings. The van der Waals surface area contributed by atoms with E-state index in [2.05, 4.69) is 0 Å². The van der Waals surface area contributed by atoms with Gasteiger partial charge in [0, 0.05) is 0 Å². The Labute approximate surface area is 184 Å². The van der Waals surface area contributed by atoms with Crippen LogP contribution in [0.25, 0.3) is 0 Å². The maximum Gasteiger partial charge on any atom is 0.397 e. The highest BCUT2D eigenvalue weighted by molar-refractivity contribution is 5.35. The fourth-order valence-electron chi connectivity index (χ4n) is 2.91. The molecule has 170 valence electrons. The Morgan fingerprint density at radius 3 is 2.16 bits per heavy atom. The molecule has 0 spiro atoms. The molecule has 0 saturated heterocycles. The van der Waals surface area contributed by atoms with Gasteiger partial charge in [0.2, 0.25) is 0 Å². The van der Waals surface area contributed by atoms with E-state index >= 15 is 0 Å². The monoisotopic (exact) mass is 448 g/mol. The highest BCUT2D eigenvalue weighted by atomic mass is 19.4. The zero-order chi connectivity index (χ0) is 23.0. The van der Waals surface area contributed by atoms with Gasteiger partial charge in [0.15, 0.2) is 11.6 Å². The summed E-state index contributed by atoms with van der Waals surface area (Å²) in [5, 5.41) is 0. The Hall–Kier alpha value is -3.06. The first-order chi connectivity index (χ1) is 15.3. The number of alkyl halides is 3. The maximum atomic E-state index is 14.0. The van der Waals surface area contributed by atoms with Gasteiger partial charge in [0.05, 0.1) is 13.2 Å². The van der Waals surface area contributed by atoms with E-state index in [4.69, 9.17) is 14.2 Å². The molecular formula is C25H24F4O3. The Morgan fingerprint density at radius 1 is 0.812 bits per heavy atom. The summed E-state index contributed by atoms with van der Waals surface area (Å²) in [5.41, 5.74) is 1.57. The molecule has 0 N–H and O–H groups in total. The maximum absolute atomic E-state index is 14.0. The van der Waals surface area contributed by atoms with Crippen LogP contribution in [0.5, 0.6) is 17.2 Å². The van der Waals surface area contributed by atoms with E-state index in [1.165, 1.54) is 18.2 Å². The number of para-hydroxylation sites is 1. The first kappa shape index (κ1) is 23.6. The van der Waals surface area contributed by atoms with Crippen LogP contribution in [-0.4, -0.2) is 19.4 Å². The summed E-state index contributed by atoms with van der Waals surface area (Å²) >= 11 is 0. The van der Waals surface area contributed by atoms with Gasteiger partial charge in [0.1, 0.15) is 24.0 Å². The van der Waals surface area contributed by atoms with Crippen LogP contribution >= 0.6 is 0 Å². The highest BCUT2D eigenvalue weighted by Gasteiger charge is 2.40. The van der Waals surface area contributed by atoms with Crippen molar-refractivity contribution in [2.45, 2.75) is 26.1 Å². The molecule has 0 bridgehead atoms. The van der Waals surface area contributed by atoms with Crippen LogP contribution in [0.1, 0.15) is 18.1 Å². The molecule has 0 aliphatic carbocycles. The quantitative estimate of drug-likeness (QED) is 0.314. The summed E-state index contributed by atoms with van der Waals surface area (Å²) in [7, 11) is 0. The van der Waals surface area contributed by atoms with Crippen molar-refractivity contribution in [2.24, 2.45) is 5.92 Å². The summed E-state index contributed by atoms with van der Waals surface area (Å²) in [5.74, 6) is -1.57. The molecule has 0 aliphatic rings. The van der Waals surface area contributed by atoms with Gasteiger partial charge in [-0.05, 0) is 53.9 Å². The number of hydrogen-bond acceptors (Lipinski definition) is 3. The van der Waals surface area contributed by atoms with E-state index in [0.717, 1.165) is 12.0 Å². The summed E-state index contributed by atoms with van der Waals surface area (Å²) in [6.07, 6.45) is -3.64. The van der Waals surface area contributed by atoms with Crippen LogP contribution in [0, 0.1) is 11.7 Å². The molecule has 3 aromatic rings. The highest BCUT2D eigenvalue weighted by Crippen LogP contribution is 2.29. The molecular weight excluding hydrogens is 424 g/mol. The molecule has 3 aromatic carbocycles. The van der Waals surface area contributed by atoms with E-state index in [-0.39, 0.29) is 12.4 Å². The Bertz CT molecular complexity index is 973. The van der Waals surface area contributed by atoms with Gasteiger partial charge in [-0.2, -0.15) is 13.2 Å². The van der Waals surface area contributed by atoms with Gasteiger partial charge < -0.3 is 14.2 Å². The normalized spacial score (nSPS) is 12.4. The topological polar surface area (TPSA) is 27.7 Å². The van der Waals surface area contributed by atoms with Crippen LogP contribution in [-0.2, 0) is 17.8 Å². The molecule has 3 nitrogen and oxygen atoms in total. The second kappa shape index (κ2) is 11.0. The van der Waals surface area contributed by atoms with Gasteiger partial charge in [-0.15, -0.1) is 0 Å². The van der Waals surface area contributed by atoms with E-state index < -0.39 is 31.1 Å². The molecule has 0 amide bonds. The fourth-order valence-corrected chi connectivity index (χ4v) is 2.91. The summed E-state index contributed by atoms with van der Waals surface area (Å²) in [6.45, 7) is 0.734. The minimum absolute atomic E-state index is 0.0245. The predicted octanol–water partition coefficient (Wildman–Crippen LogP) is 6.95. The van der Waals surface area contributed by atoms with Crippen molar-refractivity contribution in [3.05, 3.63) is 89.7 Å². The Morgan fingerprint density at radius 2 is 1.50 bits per heavy atom. The predicted molar refractivity (Wildman–Crippen MR) is 113 cm³/mol. The van der Waals surface area contributed by atoms with E-state index in [0.29, 0.717) is 17.1 Å². The minimum Gasteiger partial charge on any atom is -0.493 e. The molecule has 1 atom stereocenters. The second-order valence-corrected chi connectivity index (χ2v) is 7.24. The number of benzene rings is 3. The lowest BCUT2D eigenvalue weighted by Crippen LogP contribution is -2.32. The third-order valence-electron chi connectivity index (χ3n) is 4.80. The molecule has 3 rings (SSSR count). The smallest absolute Gasteiger partial charge is 0.397 e. The van der Waals surface area contributed by atoms with Gasteiger partial charge in [-0.25, -0.2) is 4.39 Å². The second-order valence-electron chi connectivity index (χ2n) is 7.24. The number of rotatable bonds is 10. The lowest BCUT2D eigenvalue weighted by atomic mass is 10.1. The minimum atomic E-state index is -4.48. The van der Waals surface area contributed by atoms with Crippen LogP contribution in [0.15, 0.2) is 72.8 Å². The van der Waals surface area contributed by atoms with Gasteiger partial charge in [0.25, 0.3) is 0 Å². The van der Waals surface area contributed by atoms with Crippen LogP contribution in [0.4, 0.5) is 17.6 Å². The lowest BCUT2D eigenvalue weighted by Gasteiger charge is -2.21. The SMILES string of the molecule is CCc1ccc(OCC(COCc2ccc(F)c(Oc3ccccc3)c2)C(F)(F)F)cc1. The van der Waals surface area contributed by atoms with Crippen molar-refractivity contribution in [3.8, 4) is 17.2 Å². The van der Waals surface area contributed by atoms with Crippen molar-refractivity contribution >= 4 is 0 Å². The number of halogens is 4. The summed E-state index contributed by atoms with van der Waals surface area (Å²) < 4.78 is 70.4. The molecule has 0 radical (unpaired) electrons. The summed E-state index contributed by atoms with van der Waals surface area (Å²) in [4.78, 5) is 0. The molecule has 32 heavy (non-hydrogen) atoms. The summed E-state index contributed by atoms with van der Waals surface area (Å²) in [6, 6.07) is 19.6. The van der Waals surface area contributed by atoms with E-state index in [1.807, 2.05) is 19.1 Å². The Kier molecular flexibility index (Phi) is 8.11. The molecule has 0 aromatic heterocycles. The molecule has 1 unspecified atom stereocenters. The molecule has 0 aliphatic heterocycles. The fraction of sp³-hybridized carbons (Fsp3) is 0.280. The number of hydrogen-bond donors (Lipinski definition) is 0. The molecule has 7 heteroatoms. The van der Waals surface area contributed by atoms with Crippen molar-refractivity contribution in [1.29, 1.82) is 0 Å². The number of aryl methyl sites for hydroxylation is 1. The first-order valence-corrected chi connectivity index (χ1v) is 10.2. The van der Waals surface area contributed by atoms with Crippen LogP contribution in [0.3, 0.4) is 0 Å². The molecule has 0 saturated carbocycles. The first-order valence-electron chi connectivity index (χ1n) is 10.2. The van der Waals surface area contributed by atoms with Crippen molar-refractivity contribution in [1.82, 2.24) is 0 Å². The van der Waals surface area contributed by atoms with Crippen LogP contribution < -0.4 is 9.47 Å². The third-order valence-corrected chi connectivity index (χ3v) is 4.80. The largest absolute Gasteiger partial charge is 0.493 e. The third kappa shape index (κ3) is 6.99. The zero-order valence-electron chi connectivity index (χ0n) is 17.6. The number of ether oxygens (including phenoxy) is 3. The standard InChI is InChI=1S/C25H24F4O3/c1-2-18-8-11-21(12-9-18)31-17-20(25(27,28)29)16-30-15-19-10-13-23(26)24(14-19)32-22-6-4-3-5-7-22/h3-14,20H,2,15-17H2,1H3. The van der Waals surface area contributed by atoms with Crippen molar-refractivity contribution in [2.75, 3.05) is 13.2 Å².